The third kappa shape index (κ3) is 6.49. The van der Waals surface area contributed by atoms with Crippen molar-refractivity contribution in [1.82, 2.24) is 5.32 Å². The maximum Gasteiger partial charge on any atom is 0.407 e. The molecule has 6 heteroatoms. The van der Waals surface area contributed by atoms with Crippen molar-refractivity contribution in [2.45, 2.75) is 85.0 Å². The van der Waals surface area contributed by atoms with E-state index in [4.69, 9.17) is 9.47 Å². The molecule has 0 aromatic heterocycles. The van der Waals surface area contributed by atoms with Gasteiger partial charge >= 0.3 is 12.1 Å². The average molecular weight is 341 g/mol. The molecule has 0 bridgehead atoms. The van der Waals surface area contributed by atoms with Crippen LogP contribution in [0.3, 0.4) is 0 Å². The number of hydrogen-bond acceptors (Lipinski definition) is 5. The normalized spacial score (nSPS) is 18.1. The molecule has 138 valence electrons. The van der Waals surface area contributed by atoms with Crippen LogP contribution in [0.5, 0.6) is 0 Å². The maximum atomic E-state index is 12.5. The molecule has 0 aliphatic heterocycles. The highest BCUT2D eigenvalue weighted by Crippen LogP contribution is 2.34. The minimum absolute atomic E-state index is 0.0823. The number of rotatable bonds is 5. The Morgan fingerprint density at radius 1 is 0.958 bits per heavy atom. The highest BCUT2D eigenvalue weighted by molar-refractivity contribution is 5.99. The molecule has 2 unspecified atom stereocenters. The Balaban J connectivity index is 2.95. The Kier molecular flexibility index (Phi) is 6.42. The lowest BCUT2D eigenvalue weighted by molar-refractivity contribution is -0.163. The van der Waals surface area contributed by atoms with Crippen LogP contribution in [-0.4, -0.2) is 35.1 Å². The van der Waals surface area contributed by atoms with Crippen LogP contribution in [0, 0.1) is 11.8 Å². The number of alkyl carbamates (subject to hydrolysis) is 1. The van der Waals surface area contributed by atoms with E-state index < -0.39 is 35.2 Å². The summed E-state index contributed by atoms with van der Waals surface area (Å²) in [6, 6.07) is -0.596. The van der Waals surface area contributed by atoms with Crippen LogP contribution in [0.2, 0.25) is 0 Å². The first-order chi connectivity index (χ1) is 10.8. The summed E-state index contributed by atoms with van der Waals surface area (Å²) in [5, 5.41) is 2.74. The van der Waals surface area contributed by atoms with E-state index in [1.54, 1.807) is 41.5 Å². The van der Waals surface area contributed by atoms with Crippen molar-refractivity contribution in [2.75, 3.05) is 0 Å². The van der Waals surface area contributed by atoms with Crippen molar-refractivity contribution in [3.63, 3.8) is 0 Å². The minimum atomic E-state index is -1.01. The molecule has 0 aromatic rings. The standard InChI is InChI=1S/C18H31NO5/c1-11(20)13(15(21)23-17(2,3)4)14(12-9-8-10-12)19-16(22)24-18(5,6)7/h12-14H,8-10H2,1-7H3,(H,19,22). The van der Waals surface area contributed by atoms with Crippen molar-refractivity contribution in [2.24, 2.45) is 11.8 Å². The monoisotopic (exact) mass is 341 g/mol. The van der Waals surface area contributed by atoms with E-state index in [0.717, 1.165) is 19.3 Å². The summed E-state index contributed by atoms with van der Waals surface area (Å²) in [5.74, 6) is -1.83. The predicted octanol–water partition coefficient (Wildman–Crippen LogP) is 3.23. The number of carbonyl (C=O) groups is 3. The first-order valence-corrected chi connectivity index (χ1v) is 8.53. The highest BCUT2D eigenvalue weighted by atomic mass is 16.6. The molecule has 1 aliphatic rings. The average Bonchev–Trinajstić information content (AvgIpc) is 2.19. The van der Waals surface area contributed by atoms with Crippen LogP contribution >= 0.6 is 0 Å². The predicted molar refractivity (Wildman–Crippen MR) is 90.5 cm³/mol. The van der Waals surface area contributed by atoms with Gasteiger partial charge < -0.3 is 14.8 Å². The fourth-order valence-electron chi connectivity index (χ4n) is 2.65. The van der Waals surface area contributed by atoms with Gasteiger partial charge in [-0.05, 0) is 67.2 Å². The molecule has 0 saturated heterocycles. The molecule has 1 rings (SSSR count). The van der Waals surface area contributed by atoms with Gasteiger partial charge in [0.2, 0.25) is 0 Å². The van der Waals surface area contributed by atoms with Gasteiger partial charge in [0.1, 0.15) is 22.9 Å². The number of hydrogen-bond donors (Lipinski definition) is 1. The molecule has 0 radical (unpaired) electrons. The van der Waals surface area contributed by atoms with Gasteiger partial charge in [0.25, 0.3) is 0 Å². The first kappa shape index (κ1) is 20.5. The largest absolute Gasteiger partial charge is 0.459 e. The third-order valence-corrected chi connectivity index (χ3v) is 3.80. The smallest absolute Gasteiger partial charge is 0.407 e. The summed E-state index contributed by atoms with van der Waals surface area (Å²) >= 11 is 0. The van der Waals surface area contributed by atoms with E-state index in [1.165, 1.54) is 6.92 Å². The number of amides is 1. The van der Waals surface area contributed by atoms with Crippen molar-refractivity contribution in [3.8, 4) is 0 Å². The second-order valence-electron chi connectivity index (χ2n) is 8.48. The molecule has 1 amide bonds. The van der Waals surface area contributed by atoms with Crippen molar-refractivity contribution < 1.29 is 23.9 Å². The van der Waals surface area contributed by atoms with E-state index in [1.807, 2.05) is 0 Å². The van der Waals surface area contributed by atoms with Gasteiger partial charge in [-0.3, -0.25) is 9.59 Å². The maximum absolute atomic E-state index is 12.5. The number of Topliss-reactive ketones (excluding diaryl/α,β-unsaturated/α-hetero) is 1. The van der Waals surface area contributed by atoms with Gasteiger partial charge in [0, 0.05) is 0 Å². The fraction of sp³-hybridized carbons (Fsp3) is 0.833. The molecule has 0 heterocycles. The summed E-state index contributed by atoms with van der Waals surface area (Å²) in [4.78, 5) is 36.8. The zero-order valence-electron chi connectivity index (χ0n) is 15.9. The van der Waals surface area contributed by atoms with Gasteiger partial charge in [0.15, 0.2) is 0 Å². The lowest BCUT2D eigenvalue weighted by atomic mass is 9.74. The molecule has 2 atom stereocenters. The second kappa shape index (κ2) is 7.53. The lowest BCUT2D eigenvalue weighted by Gasteiger charge is -2.38. The Bertz CT molecular complexity index is 483. The van der Waals surface area contributed by atoms with Crippen LogP contribution in [0.4, 0.5) is 4.79 Å². The molecule has 0 spiro atoms. The molecule has 1 aliphatic carbocycles. The van der Waals surface area contributed by atoms with Gasteiger partial charge in [-0.2, -0.15) is 0 Å². The Labute approximate surface area is 144 Å². The van der Waals surface area contributed by atoms with E-state index in [2.05, 4.69) is 5.32 Å². The van der Waals surface area contributed by atoms with Gasteiger partial charge in [-0.15, -0.1) is 0 Å². The van der Waals surface area contributed by atoms with Crippen LogP contribution < -0.4 is 5.32 Å². The molecule has 1 saturated carbocycles. The Morgan fingerprint density at radius 2 is 1.46 bits per heavy atom. The molecule has 6 nitrogen and oxygen atoms in total. The number of ketones is 1. The zero-order chi connectivity index (χ0) is 18.7. The Morgan fingerprint density at radius 3 is 1.79 bits per heavy atom. The minimum Gasteiger partial charge on any atom is -0.459 e. The van der Waals surface area contributed by atoms with E-state index in [0.29, 0.717) is 0 Å². The van der Waals surface area contributed by atoms with Crippen molar-refractivity contribution in [1.29, 1.82) is 0 Å². The highest BCUT2D eigenvalue weighted by Gasteiger charge is 2.43. The number of esters is 1. The quantitative estimate of drug-likeness (QED) is 0.613. The van der Waals surface area contributed by atoms with Gasteiger partial charge in [0.05, 0.1) is 6.04 Å². The van der Waals surface area contributed by atoms with Crippen LogP contribution in [-0.2, 0) is 19.1 Å². The molecule has 0 aromatic carbocycles. The van der Waals surface area contributed by atoms with E-state index >= 15 is 0 Å². The number of nitrogens with one attached hydrogen (secondary N) is 1. The molecule has 1 N–H and O–H groups in total. The number of carbonyl (C=O) groups excluding carboxylic acids is 3. The summed E-state index contributed by atoms with van der Waals surface area (Å²) < 4.78 is 10.7. The van der Waals surface area contributed by atoms with E-state index in [9.17, 15) is 14.4 Å². The lowest BCUT2D eigenvalue weighted by Crippen LogP contribution is -2.54. The van der Waals surface area contributed by atoms with Crippen LogP contribution in [0.15, 0.2) is 0 Å². The Hall–Kier alpha value is -1.59. The second-order valence-corrected chi connectivity index (χ2v) is 8.48. The summed E-state index contributed by atoms with van der Waals surface area (Å²) in [7, 11) is 0. The van der Waals surface area contributed by atoms with Gasteiger partial charge in [-0.1, -0.05) is 6.42 Å². The molecular formula is C18H31NO5. The SMILES string of the molecule is CC(=O)C(C(=O)OC(C)(C)C)C(NC(=O)OC(C)(C)C)C1CCC1. The molecule has 24 heavy (non-hydrogen) atoms. The van der Waals surface area contributed by atoms with Crippen LogP contribution in [0.1, 0.15) is 67.7 Å². The third-order valence-electron chi connectivity index (χ3n) is 3.80. The van der Waals surface area contributed by atoms with Crippen molar-refractivity contribution in [3.05, 3.63) is 0 Å². The summed E-state index contributed by atoms with van der Waals surface area (Å²) in [6.45, 7) is 11.9. The van der Waals surface area contributed by atoms with E-state index in [-0.39, 0.29) is 11.7 Å². The van der Waals surface area contributed by atoms with Crippen LogP contribution in [0.25, 0.3) is 0 Å². The first-order valence-electron chi connectivity index (χ1n) is 8.53. The zero-order valence-corrected chi connectivity index (χ0v) is 15.9. The fourth-order valence-corrected chi connectivity index (χ4v) is 2.65. The molecule has 1 fully saturated rings. The summed E-state index contributed by atoms with van der Waals surface area (Å²) in [6.07, 6.45) is 2.14. The summed E-state index contributed by atoms with van der Waals surface area (Å²) in [5.41, 5.74) is -1.34. The van der Waals surface area contributed by atoms with Gasteiger partial charge in [-0.25, -0.2) is 4.79 Å². The topological polar surface area (TPSA) is 81.7 Å². The number of ether oxygens (including phenoxy) is 2. The van der Waals surface area contributed by atoms with Crippen molar-refractivity contribution >= 4 is 17.8 Å². The molecular weight excluding hydrogens is 310 g/mol.